The molecule has 0 heterocycles. The molecule has 1 amide bonds. The molecular weight excluding hydrogens is 290 g/mol. The number of methoxy groups -OCH3 is 3. The minimum Gasteiger partial charge on any atom is -0.497 e. The van der Waals surface area contributed by atoms with Gasteiger partial charge in [0.2, 0.25) is 0 Å². The number of carboxylic acid groups (broad SMARTS) is 1. The smallest absolute Gasteiger partial charge is 0.323 e. The summed E-state index contributed by atoms with van der Waals surface area (Å²) in [4.78, 5) is 24.4. The molecule has 7 nitrogen and oxygen atoms in total. The van der Waals surface area contributed by atoms with Gasteiger partial charge in [-0.3, -0.25) is 9.59 Å². The zero-order chi connectivity index (χ0) is 16.7. The largest absolute Gasteiger partial charge is 0.497 e. The average Bonchev–Trinajstić information content (AvgIpc) is 2.51. The Balaban J connectivity index is 3.02. The van der Waals surface area contributed by atoms with Crippen LogP contribution in [0.2, 0.25) is 0 Å². The maximum atomic E-state index is 12.2. The van der Waals surface area contributed by atoms with Crippen molar-refractivity contribution in [2.24, 2.45) is 0 Å². The maximum absolute atomic E-state index is 12.2. The van der Waals surface area contributed by atoms with E-state index in [2.05, 4.69) is 0 Å². The monoisotopic (exact) mass is 311 g/mol. The molecule has 1 atom stereocenters. The van der Waals surface area contributed by atoms with Crippen LogP contribution in [0.4, 0.5) is 0 Å². The topological polar surface area (TPSA) is 85.3 Å². The molecular formula is C15H21NO6. The molecule has 0 fully saturated rings. The number of aliphatic carboxylic acids is 1. The fourth-order valence-corrected chi connectivity index (χ4v) is 1.91. The van der Waals surface area contributed by atoms with Crippen molar-refractivity contribution in [2.75, 3.05) is 27.9 Å². The first-order chi connectivity index (χ1) is 10.4. The van der Waals surface area contributed by atoms with E-state index in [1.807, 2.05) is 0 Å². The van der Waals surface area contributed by atoms with E-state index in [1.165, 1.54) is 26.2 Å². The molecule has 0 bridgehead atoms. The number of carbonyl (C=O) groups is 2. The summed E-state index contributed by atoms with van der Waals surface area (Å²) in [5.74, 6) is -0.355. The van der Waals surface area contributed by atoms with Crippen LogP contribution in [-0.4, -0.2) is 55.9 Å². The Hall–Kier alpha value is -2.28. The molecule has 1 unspecified atom stereocenters. The molecule has 1 N–H and O–H groups in total. The second-order valence-corrected chi connectivity index (χ2v) is 4.69. The fraction of sp³-hybridized carbons (Fsp3) is 0.467. The molecule has 0 saturated heterocycles. The molecule has 0 radical (unpaired) electrons. The SMILES string of the molecule is COc1cc(CN(CC(=O)O)C(=O)C(C)OC)cc(OC)c1. The first kappa shape index (κ1) is 17.8. The number of rotatable bonds is 8. The molecule has 22 heavy (non-hydrogen) atoms. The highest BCUT2D eigenvalue weighted by atomic mass is 16.5. The van der Waals surface area contributed by atoms with Crippen LogP contribution < -0.4 is 9.47 Å². The van der Waals surface area contributed by atoms with Gasteiger partial charge in [-0.25, -0.2) is 0 Å². The number of nitrogens with zero attached hydrogens (tertiary/aromatic N) is 1. The molecule has 0 saturated carbocycles. The maximum Gasteiger partial charge on any atom is 0.323 e. The van der Waals surface area contributed by atoms with E-state index in [0.29, 0.717) is 17.1 Å². The number of ether oxygens (including phenoxy) is 3. The molecule has 1 aromatic carbocycles. The van der Waals surface area contributed by atoms with Crippen molar-refractivity contribution in [1.82, 2.24) is 4.90 Å². The van der Waals surface area contributed by atoms with E-state index in [9.17, 15) is 9.59 Å². The van der Waals surface area contributed by atoms with Gasteiger partial charge in [-0.1, -0.05) is 0 Å². The third-order valence-electron chi connectivity index (χ3n) is 3.12. The fourth-order valence-electron chi connectivity index (χ4n) is 1.91. The highest BCUT2D eigenvalue weighted by Crippen LogP contribution is 2.23. The van der Waals surface area contributed by atoms with Crippen LogP contribution in [0.3, 0.4) is 0 Å². The van der Waals surface area contributed by atoms with Crippen LogP contribution in [0, 0.1) is 0 Å². The van der Waals surface area contributed by atoms with Crippen molar-refractivity contribution < 1.29 is 28.9 Å². The van der Waals surface area contributed by atoms with Gasteiger partial charge < -0.3 is 24.2 Å². The van der Waals surface area contributed by atoms with Gasteiger partial charge in [0.05, 0.1) is 14.2 Å². The number of amides is 1. The van der Waals surface area contributed by atoms with Crippen molar-refractivity contribution in [3.05, 3.63) is 23.8 Å². The Morgan fingerprint density at radius 3 is 2.09 bits per heavy atom. The lowest BCUT2D eigenvalue weighted by molar-refractivity contribution is -0.149. The Labute approximate surface area is 129 Å². The van der Waals surface area contributed by atoms with E-state index in [-0.39, 0.29) is 6.54 Å². The van der Waals surface area contributed by atoms with Crippen molar-refractivity contribution in [2.45, 2.75) is 19.6 Å². The minimum atomic E-state index is -1.09. The minimum absolute atomic E-state index is 0.117. The summed E-state index contributed by atoms with van der Waals surface area (Å²) in [6.45, 7) is 1.28. The van der Waals surface area contributed by atoms with E-state index < -0.39 is 24.5 Å². The molecule has 122 valence electrons. The van der Waals surface area contributed by atoms with E-state index in [4.69, 9.17) is 19.3 Å². The lowest BCUT2D eigenvalue weighted by Crippen LogP contribution is -2.41. The van der Waals surface area contributed by atoms with Crippen molar-refractivity contribution in [3.63, 3.8) is 0 Å². The molecule has 0 aliphatic rings. The van der Waals surface area contributed by atoms with Gasteiger partial charge in [-0.2, -0.15) is 0 Å². The van der Waals surface area contributed by atoms with E-state index in [0.717, 1.165) is 0 Å². The van der Waals surface area contributed by atoms with Gasteiger partial charge in [-0.05, 0) is 24.6 Å². The predicted octanol–water partition coefficient (Wildman–Crippen LogP) is 1.15. The van der Waals surface area contributed by atoms with Gasteiger partial charge >= 0.3 is 5.97 Å². The molecule has 7 heteroatoms. The Morgan fingerprint density at radius 1 is 1.14 bits per heavy atom. The highest BCUT2D eigenvalue weighted by molar-refractivity contribution is 5.84. The van der Waals surface area contributed by atoms with Crippen LogP contribution in [-0.2, 0) is 20.9 Å². The highest BCUT2D eigenvalue weighted by Gasteiger charge is 2.23. The third kappa shape index (κ3) is 4.92. The summed E-state index contributed by atoms with van der Waals surface area (Å²) in [5, 5.41) is 8.98. The zero-order valence-corrected chi connectivity index (χ0v) is 13.2. The Kier molecular flexibility index (Phi) is 6.65. The van der Waals surface area contributed by atoms with Crippen molar-refractivity contribution >= 4 is 11.9 Å². The Morgan fingerprint density at radius 2 is 1.68 bits per heavy atom. The molecule has 0 aliphatic carbocycles. The van der Waals surface area contributed by atoms with Crippen LogP contribution >= 0.6 is 0 Å². The van der Waals surface area contributed by atoms with Crippen LogP contribution in [0.15, 0.2) is 18.2 Å². The lowest BCUT2D eigenvalue weighted by Gasteiger charge is -2.24. The number of hydrogen-bond acceptors (Lipinski definition) is 5. The first-order valence-electron chi connectivity index (χ1n) is 6.66. The second kappa shape index (κ2) is 8.23. The normalized spacial score (nSPS) is 11.6. The van der Waals surface area contributed by atoms with Crippen molar-refractivity contribution in [3.8, 4) is 11.5 Å². The zero-order valence-electron chi connectivity index (χ0n) is 13.2. The molecule has 0 aromatic heterocycles. The quantitative estimate of drug-likeness (QED) is 0.775. The number of carbonyl (C=O) groups excluding carboxylic acids is 1. The molecule has 1 rings (SSSR count). The van der Waals surface area contributed by atoms with Crippen LogP contribution in [0.1, 0.15) is 12.5 Å². The molecule has 1 aromatic rings. The summed E-state index contributed by atoms with van der Waals surface area (Å²) in [7, 11) is 4.44. The van der Waals surface area contributed by atoms with E-state index >= 15 is 0 Å². The summed E-state index contributed by atoms with van der Waals surface area (Å²) < 4.78 is 15.3. The standard InChI is InChI=1S/C15H21NO6/c1-10(20-2)15(19)16(9-14(17)18)8-11-5-12(21-3)7-13(6-11)22-4/h5-7,10H,8-9H2,1-4H3,(H,17,18). The number of carboxylic acids is 1. The third-order valence-corrected chi connectivity index (χ3v) is 3.12. The summed E-state index contributed by atoms with van der Waals surface area (Å²) in [5.41, 5.74) is 0.703. The first-order valence-corrected chi connectivity index (χ1v) is 6.66. The molecule has 0 spiro atoms. The van der Waals surface area contributed by atoms with Gasteiger partial charge in [0.15, 0.2) is 0 Å². The second-order valence-electron chi connectivity index (χ2n) is 4.69. The molecule has 0 aliphatic heterocycles. The van der Waals surface area contributed by atoms with E-state index in [1.54, 1.807) is 25.1 Å². The van der Waals surface area contributed by atoms with Gasteiger partial charge in [0.25, 0.3) is 5.91 Å². The number of hydrogen-bond donors (Lipinski definition) is 1. The summed E-state index contributed by atoms with van der Waals surface area (Å²) >= 11 is 0. The van der Waals surface area contributed by atoms with Crippen LogP contribution in [0.25, 0.3) is 0 Å². The van der Waals surface area contributed by atoms with Gasteiger partial charge in [0.1, 0.15) is 24.1 Å². The average molecular weight is 311 g/mol. The lowest BCUT2D eigenvalue weighted by atomic mass is 10.1. The summed E-state index contributed by atoms with van der Waals surface area (Å²) in [6.07, 6.45) is -0.716. The van der Waals surface area contributed by atoms with Crippen molar-refractivity contribution in [1.29, 1.82) is 0 Å². The summed E-state index contributed by atoms with van der Waals surface area (Å²) in [6, 6.07) is 5.15. The predicted molar refractivity (Wildman–Crippen MR) is 79.1 cm³/mol. The van der Waals surface area contributed by atoms with Gasteiger partial charge in [0, 0.05) is 19.7 Å². The van der Waals surface area contributed by atoms with Crippen LogP contribution in [0.5, 0.6) is 11.5 Å². The Bertz CT molecular complexity index is 509. The number of benzene rings is 1. The van der Waals surface area contributed by atoms with Gasteiger partial charge in [-0.15, -0.1) is 0 Å².